The Hall–Kier alpha value is -2.51. The maximum atomic E-state index is 12.1. The van der Waals surface area contributed by atoms with Gasteiger partial charge in [0.1, 0.15) is 11.2 Å². The summed E-state index contributed by atoms with van der Waals surface area (Å²) in [5.74, 6) is 0.708. The first kappa shape index (κ1) is 16.0. The van der Waals surface area contributed by atoms with E-state index in [-0.39, 0.29) is 11.7 Å². The van der Waals surface area contributed by atoms with Crippen LogP contribution in [0.5, 0.6) is 0 Å². The van der Waals surface area contributed by atoms with Crippen molar-refractivity contribution < 1.29 is 0 Å². The maximum absolute atomic E-state index is 12.1. The van der Waals surface area contributed by atoms with Gasteiger partial charge in [-0.15, -0.1) is 0 Å². The second-order valence-electron chi connectivity index (χ2n) is 6.64. The Balaban J connectivity index is 1.46. The quantitative estimate of drug-likeness (QED) is 0.747. The zero-order valence-electron chi connectivity index (χ0n) is 14.4. The highest BCUT2D eigenvalue weighted by Crippen LogP contribution is 2.23. The highest BCUT2D eigenvalue weighted by Gasteiger charge is 2.29. The van der Waals surface area contributed by atoms with Gasteiger partial charge in [0.2, 0.25) is 0 Å². The van der Waals surface area contributed by atoms with Crippen LogP contribution in [0, 0.1) is 0 Å². The lowest BCUT2D eigenvalue weighted by Crippen LogP contribution is -2.33. The number of fused-ring (bicyclic) bond motifs is 1. The molecule has 1 saturated heterocycles. The van der Waals surface area contributed by atoms with E-state index in [4.69, 9.17) is 0 Å². The summed E-state index contributed by atoms with van der Waals surface area (Å²) in [4.78, 5) is 21.9. The zero-order valence-corrected chi connectivity index (χ0v) is 14.4. The second kappa shape index (κ2) is 6.42. The van der Waals surface area contributed by atoms with Gasteiger partial charge in [-0.1, -0.05) is 30.3 Å². The molecule has 2 unspecified atom stereocenters. The number of hydrogen-bond donors (Lipinski definition) is 2. The van der Waals surface area contributed by atoms with Crippen molar-refractivity contribution in [3.8, 4) is 0 Å². The third-order valence-electron chi connectivity index (χ3n) is 4.90. The molecule has 7 heteroatoms. The molecule has 7 nitrogen and oxygen atoms in total. The number of likely N-dealkylation sites (N-methyl/N-ethyl adjacent to an activating group) is 1. The second-order valence-corrected chi connectivity index (χ2v) is 6.64. The van der Waals surface area contributed by atoms with E-state index >= 15 is 0 Å². The molecule has 0 aliphatic carbocycles. The van der Waals surface area contributed by atoms with Gasteiger partial charge in [0.05, 0.1) is 12.4 Å². The van der Waals surface area contributed by atoms with E-state index in [9.17, 15) is 4.79 Å². The topological polar surface area (TPSA) is 78.8 Å². The van der Waals surface area contributed by atoms with Crippen molar-refractivity contribution in [2.75, 3.05) is 13.6 Å². The van der Waals surface area contributed by atoms with Crippen molar-refractivity contribution in [3.05, 3.63) is 58.3 Å². The molecule has 0 bridgehead atoms. The van der Waals surface area contributed by atoms with Crippen molar-refractivity contribution in [3.63, 3.8) is 0 Å². The van der Waals surface area contributed by atoms with E-state index < -0.39 is 0 Å². The van der Waals surface area contributed by atoms with Crippen LogP contribution in [0.3, 0.4) is 0 Å². The van der Waals surface area contributed by atoms with Gasteiger partial charge < -0.3 is 4.98 Å². The van der Waals surface area contributed by atoms with Crippen LogP contribution in [0.2, 0.25) is 0 Å². The van der Waals surface area contributed by atoms with Gasteiger partial charge in [-0.05, 0) is 19.0 Å². The summed E-state index contributed by atoms with van der Waals surface area (Å²) >= 11 is 0. The average molecular weight is 338 g/mol. The molecule has 1 aliphatic rings. The summed E-state index contributed by atoms with van der Waals surface area (Å²) in [7, 11) is 3.93. The van der Waals surface area contributed by atoms with Crippen molar-refractivity contribution in [1.29, 1.82) is 0 Å². The van der Waals surface area contributed by atoms with E-state index in [1.165, 1.54) is 5.56 Å². The van der Waals surface area contributed by atoms with E-state index in [0.717, 1.165) is 13.0 Å². The van der Waals surface area contributed by atoms with Gasteiger partial charge in [-0.3, -0.25) is 19.7 Å². The Morgan fingerprint density at radius 2 is 2.04 bits per heavy atom. The smallest absolute Gasteiger partial charge is 0.262 e. The Morgan fingerprint density at radius 1 is 1.24 bits per heavy atom. The molecule has 3 aromatic rings. The number of nitrogens with zero attached hydrogens (tertiary/aromatic N) is 4. The first-order valence-electron chi connectivity index (χ1n) is 8.54. The van der Waals surface area contributed by atoms with Crippen LogP contribution in [0.4, 0.5) is 0 Å². The minimum atomic E-state index is -0.122. The van der Waals surface area contributed by atoms with Crippen LogP contribution in [0.1, 0.15) is 23.9 Å². The lowest BCUT2D eigenvalue weighted by molar-refractivity contribution is 0.279. The minimum absolute atomic E-state index is 0.122. The fourth-order valence-electron chi connectivity index (χ4n) is 3.49. The standard InChI is InChI=1S/C18H22N6O/c1-23-11-14(12-6-4-3-5-7-12)20-16(23)9-8-15-21-17-13(18(25)22-15)10-19-24(17)2/h3-7,10,14,16,20H,8-9,11H2,1-2H3,(H,21,22,25). The fourth-order valence-corrected chi connectivity index (χ4v) is 3.49. The SMILES string of the molecule is CN1CC(c2ccccc2)NC1CCc1nc2c(cnn2C)c(=O)[nH]1. The van der Waals surface area contributed by atoms with Gasteiger partial charge in [-0.2, -0.15) is 5.10 Å². The van der Waals surface area contributed by atoms with Crippen molar-refractivity contribution in [2.24, 2.45) is 7.05 Å². The molecule has 4 rings (SSSR count). The number of aryl methyl sites for hydroxylation is 2. The summed E-state index contributed by atoms with van der Waals surface area (Å²) < 4.78 is 1.64. The zero-order chi connectivity index (χ0) is 17.4. The van der Waals surface area contributed by atoms with E-state index in [1.54, 1.807) is 17.9 Å². The van der Waals surface area contributed by atoms with Crippen LogP contribution < -0.4 is 10.9 Å². The van der Waals surface area contributed by atoms with Crippen LogP contribution in [-0.4, -0.2) is 44.4 Å². The van der Waals surface area contributed by atoms with Crippen LogP contribution in [0.25, 0.3) is 11.0 Å². The normalized spacial score (nSPS) is 21.2. The van der Waals surface area contributed by atoms with Crippen molar-refractivity contribution in [1.82, 2.24) is 30.0 Å². The lowest BCUT2D eigenvalue weighted by atomic mass is 10.1. The van der Waals surface area contributed by atoms with Crippen LogP contribution in [-0.2, 0) is 13.5 Å². The Bertz CT molecular complexity index is 932. The van der Waals surface area contributed by atoms with Gasteiger partial charge in [0.25, 0.3) is 5.56 Å². The molecule has 2 N–H and O–H groups in total. The average Bonchev–Trinajstić information content (AvgIpc) is 3.18. The maximum Gasteiger partial charge on any atom is 0.262 e. The number of benzene rings is 1. The monoisotopic (exact) mass is 338 g/mol. The summed E-state index contributed by atoms with van der Waals surface area (Å²) in [5.41, 5.74) is 1.82. The molecule has 1 fully saturated rings. The predicted molar refractivity (Wildman–Crippen MR) is 96.2 cm³/mol. The van der Waals surface area contributed by atoms with Gasteiger partial charge in [0.15, 0.2) is 5.65 Å². The third kappa shape index (κ3) is 3.08. The number of H-pyrrole nitrogens is 1. The Morgan fingerprint density at radius 3 is 2.84 bits per heavy atom. The highest BCUT2D eigenvalue weighted by atomic mass is 16.1. The summed E-state index contributed by atoms with van der Waals surface area (Å²) in [6, 6.07) is 10.8. The first-order chi connectivity index (χ1) is 12.1. The Labute approximate surface area is 145 Å². The number of aromatic nitrogens is 4. The van der Waals surface area contributed by atoms with Crippen molar-refractivity contribution in [2.45, 2.75) is 25.0 Å². The van der Waals surface area contributed by atoms with Crippen LogP contribution in [0.15, 0.2) is 41.3 Å². The fraction of sp³-hybridized carbons (Fsp3) is 0.389. The molecule has 2 aromatic heterocycles. The molecular formula is C18H22N6O. The van der Waals surface area contributed by atoms with E-state index in [0.29, 0.717) is 29.3 Å². The molecule has 0 spiro atoms. The molecule has 1 aliphatic heterocycles. The minimum Gasteiger partial charge on any atom is -0.310 e. The predicted octanol–water partition coefficient (Wildman–Crippen LogP) is 1.19. The molecule has 3 heterocycles. The Kier molecular flexibility index (Phi) is 4.10. The number of aromatic amines is 1. The lowest BCUT2D eigenvalue weighted by Gasteiger charge is -2.18. The molecule has 0 radical (unpaired) electrons. The molecule has 1 aromatic carbocycles. The third-order valence-corrected chi connectivity index (χ3v) is 4.90. The molecular weight excluding hydrogens is 316 g/mol. The largest absolute Gasteiger partial charge is 0.310 e. The molecule has 25 heavy (non-hydrogen) atoms. The highest BCUT2D eigenvalue weighted by molar-refractivity contribution is 5.72. The molecule has 130 valence electrons. The van der Waals surface area contributed by atoms with E-state index in [2.05, 4.69) is 56.6 Å². The summed E-state index contributed by atoms with van der Waals surface area (Å²) in [6.07, 6.45) is 3.41. The van der Waals surface area contributed by atoms with Crippen LogP contribution >= 0.6 is 0 Å². The molecule has 0 saturated carbocycles. The number of nitrogens with one attached hydrogen (secondary N) is 2. The molecule has 0 amide bonds. The summed E-state index contributed by atoms with van der Waals surface area (Å²) in [5, 5.41) is 8.31. The van der Waals surface area contributed by atoms with Gasteiger partial charge in [-0.25, -0.2) is 4.98 Å². The molecule has 2 atom stereocenters. The van der Waals surface area contributed by atoms with Gasteiger partial charge in [0, 0.05) is 26.1 Å². The van der Waals surface area contributed by atoms with Crippen molar-refractivity contribution >= 4 is 11.0 Å². The number of hydrogen-bond acceptors (Lipinski definition) is 5. The summed E-state index contributed by atoms with van der Waals surface area (Å²) in [6.45, 7) is 0.972. The van der Waals surface area contributed by atoms with Gasteiger partial charge >= 0.3 is 0 Å². The first-order valence-corrected chi connectivity index (χ1v) is 8.54. The number of rotatable bonds is 4. The van der Waals surface area contributed by atoms with E-state index in [1.807, 2.05) is 6.07 Å².